The Bertz CT molecular complexity index is 2710. The van der Waals surface area contributed by atoms with E-state index in [1.807, 2.05) is 75.9 Å². The predicted molar refractivity (Wildman–Crippen MR) is 267 cm³/mol. The Morgan fingerprint density at radius 2 is 1.64 bits per heavy atom. The van der Waals surface area contributed by atoms with Gasteiger partial charge in [0, 0.05) is 54.2 Å². The summed E-state index contributed by atoms with van der Waals surface area (Å²) in [7, 11) is 1.38. The van der Waals surface area contributed by atoms with Crippen molar-refractivity contribution in [2.45, 2.75) is 124 Å². The third-order valence-corrected chi connectivity index (χ3v) is 15.7. The first-order valence-electron chi connectivity index (χ1n) is 23.6. The van der Waals surface area contributed by atoms with Crippen LogP contribution in [0.2, 0.25) is 0 Å². The van der Waals surface area contributed by atoms with Crippen LogP contribution in [0.5, 0.6) is 0 Å². The number of aliphatic imine (C=N–C) groups is 1. The fourth-order valence-electron chi connectivity index (χ4n) is 9.44. The maximum atomic E-state index is 14.2. The SMILES string of the molecule is COC(=O)C[C@@H]1N=C(c2ccc(N3CCC(OCCC(=O)NC(C(=O)N4C[C@H](O)C[C@H]4C(=O)N[C@@H](C)c4ccc(-c5scnc5C)cc4)C(C)(C)C)CC3)cc2)c2c(sc(C)c2C)-n2c(C)nnc21. The fraction of sp³-hybridized carbons (Fsp3) is 0.490. The number of aryl methyl sites for hydroxylation is 3. The quantitative estimate of drug-likeness (QED) is 0.0982. The summed E-state index contributed by atoms with van der Waals surface area (Å²) in [6, 6.07) is 13.6. The minimum Gasteiger partial charge on any atom is -0.469 e. The summed E-state index contributed by atoms with van der Waals surface area (Å²) in [5, 5.41) is 26.5. The van der Waals surface area contributed by atoms with Gasteiger partial charge < -0.3 is 35.0 Å². The number of rotatable bonds is 14. The molecule has 0 saturated carbocycles. The van der Waals surface area contributed by atoms with E-state index in [2.05, 4.69) is 68.8 Å². The Labute approximate surface area is 411 Å². The number of piperidine rings is 1. The van der Waals surface area contributed by atoms with Crippen LogP contribution in [-0.4, -0.2) is 117 Å². The monoisotopic (exact) mass is 977 g/mol. The summed E-state index contributed by atoms with van der Waals surface area (Å²) in [5.41, 5.74) is 9.03. The van der Waals surface area contributed by atoms with E-state index in [1.165, 1.54) is 16.9 Å². The predicted octanol–water partition coefficient (Wildman–Crippen LogP) is 6.89. The minimum absolute atomic E-state index is 0.00262. The lowest BCUT2D eigenvalue weighted by Crippen LogP contribution is -2.58. The van der Waals surface area contributed by atoms with Crippen molar-refractivity contribution in [1.29, 1.82) is 0 Å². The topological polar surface area (TPSA) is 193 Å². The van der Waals surface area contributed by atoms with Gasteiger partial charge in [-0.15, -0.1) is 32.9 Å². The van der Waals surface area contributed by atoms with Crippen LogP contribution in [0.3, 0.4) is 0 Å². The van der Waals surface area contributed by atoms with E-state index < -0.39 is 35.6 Å². The molecule has 3 aliphatic heterocycles. The summed E-state index contributed by atoms with van der Waals surface area (Å²) in [4.78, 5) is 69.5. The molecule has 2 saturated heterocycles. The summed E-state index contributed by atoms with van der Waals surface area (Å²) < 4.78 is 13.3. The number of carbonyl (C=O) groups is 4. The van der Waals surface area contributed by atoms with Crippen molar-refractivity contribution in [2.24, 2.45) is 10.4 Å². The first-order valence-corrected chi connectivity index (χ1v) is 25.3. The van der Waals surface area contributed by atoms with Gasteiger partial charge in [0.05, 0.1) is 60.2 Å². The molecule has 0 spiro atoms. The van der Waals surface area contributed by atoms with E-state index in [-0.39, 0.29) is 62.3 Å². The lowest BCUT2D eigenvalue weighted by molar-refractivity contribution is -0.144. The van der Waals surface area contributed by atoms with Crippen molar-refractivity contribution in [3.8, 4) is 15.4 Å². The number of carbonyl (C=O) groups excluding carboxylic acids is 4. The number of benzene rings is 2. The van der Waals surface area contributed by atoms with Crippen LogP contribution in [0.15, 0.2) is 59.0 Å². The molecule has 18 heteroatoms. The number of thiophene rings is 1. The average Bonchev–Trinajstić information content (AvgIpc) is 4.10. The number of aromatic nitrogens is 4. The zero-order chi connectivity index (χ0) is 49.3. The maximum absolute atomic E-state index is 14.2. The Balaban J connectivity index is 0.838. The summed E-state index contributed by atoms with van der Waals surface area (Å²) >= 11 is 3.25. The fourth-order valence-corrected chi connectivity index (χ4v) is 11.5. The highest BCUT2D eigenvalue weighted by Gasteiger charge is 2.45. The van der Waals surface area contributed by atoms with E-state index in [0.29, 0.717) is 5.82 Å². The first kappa shape index (κ1) is 49.6. The van der Waals surface area contributed by atoms with Crippen LogP contribution < -0.4 is 15.5 Å². The van der Waals surface area contributed by atoms with Crippen molar-refractivity contribution in [2.75, 3.05) is 38.3 Å². The van der Waals surface area contributed by atoms with E-state index in [0.717, 1.165) is 86.5 Å². The Hall–Kier alpha value is -5.82. The normalized spacial score (nSPS) is 19.3. The molecule has 2 aromatic carbocycles. The molecule has 8 rings (SSSR count). The van der Waals surface area contributed by atoms with Gasteiger partial charge in [-0.05, 0) is 81.7 Å². The highest BCUT2D eigenvalue weighted by molar-refractivity contribution is 7.15. The molecule has 3 N–H and O–H groups in total. The van der Waals surface area contributed by atoms with Crippen molar-refractivity contribution in [3.63, 3.8) is 0 Å². The highest BCUT2D eigenvalue weighted by atomic mass is 32.1. The zero-order valence-electron chi connectivity index (χ0n) is 40.9. The molecule has 16 nitrogen and oxygen atoms in total. The molecule has 0 radical (unpaired) electrons. The Morgan fingerprint density at radius 3 is 2.29 bits per heavy atom. The number of fused-ring (bicyclic) bond motifs is 3. The molecule has 5 aromatic rings. The Morgan fingerprint density at radius 1 is 0.942 bits per heavy atom. The third kappa shape index (κ3) is 10.7. The maximum Gasteiger partial charge on any atom is 0.308 e. The molecule has 2 fully saturated rings. The second-order valence-electron chi connectivity index (χ2n) is 19.4. The number of hydrogen-bond donors (Lipinski definition) is 3. The van der Waals surface area contributed by atoms with Crippen LogP contribution in [-0.2, 0) is 28.7 Å². The van der Waals surface area contributed by atoms with Crippen LogP contribution in [0.4, 0.5) is 5.69 Å². The molecule has 366 valence electrons. The number of aliphatic hydroxyl groups is 1. The summed E-state index contributed by atoms with van der Waals surface area (Å²) in [6.07, 6.45) is 0.879. The van der Waals surface area contributed by atoms with Crippen LogP contribution in [0.1, 0.15) is 116 Å². The number of likely N-dealkylation sites (tertiary alicyclic amines) is 1. The van der Waals surface area contributed by atoms with Gasteiger partial charge in [-0.25, -0.2) is 4.98 Å². The van der Waals surface area contributed by atoms with E-state index in [9.17, 15) is 24.3 Å². The van der Waals surface area contributed by atoms with Crippen LogP contribution in [0, 0.1) is 33.1 Å². The molecular weight excluding hydrogens is 915 g/mol. The number of anilines is 1. The smallest absolute Gasteiger partial charge is 0.308 e. The molecular formula is C51H63N9O7S2. The lowest BCUT2D eigenvalue weighted by Gasteiger charge is -2.35. The number of thiazole rings is 1. The molecule has 69 heavy (non-hydrogen) atoms. The molecule has 3 amide bonds. The summed E-state index contributed by atoms with van der Waals surface area (Å²) in [5.74, 6) is -0.104. The number of hydrogen-bond acceptors (Lipinski definition) is 14. The first-order chi connectivity index (χ1) is 32.9. The van der Waals surface area contributed by atoms with Gasteiger partial charge in [0.15, 0.2) is 5.82 Å². The average molecular weight is 978 g/mol. The second kappa shape index (κ2) is 20.6. The van der Waals surface area contributed by atoms with Gasteiger partial charge in [-0.1, -0.05) is 57.2 Å². The van der Waals surface area contributed by atoms with Gasteiger partial charge in [0.25, 0.3) is 0 Å². The Kier molecular flexibility index (Phi) is 14.8. The summed E-state index contributed by atoms with van der Waals surface area (Å²) in [6.45, 7) is 17.3. The number of amides is 3. The third-order valence-electron chi connectivity index (χ3n) is 13.5. The number of esters is 1. The van der Waals surface area contributed by atoms with Gasteiger partial charge in [0.1, 0.15) is 29.0 Å². The molecule has 3 aromatic heterocycles. The van der Waals surface area contributed by atoms with E-state index >= 15 is 0 Å². The molecule has 5 atom stereocenters. The van der Waals surface area contributed by atoms with Crippen molar-refractivity contribution in [3.05, 3.63) is 98.5 Å². The van der Waals surface area contributed by atoms with Crippen LogP contribution >= 0.6 is 22.7 Å². The molecule has 1 unspecified atom stereocenters. The number of aliphatic hydroxyl groups excluding tert-OH is 1. The molecule has 0 bridgehead atoms. The van der Waals surface area contributed by atoms with Gasteiger partial charge in [0.2, 0.25) is 17.7 Å². The number of nitrogens with one attached hydrogen (secondary N) is 2. The van der Waals surface area contributed by atoms with Gasteiger partial charge in [-0.3, -0.25) is 28.7 Å². The number of methoxy groups -OCH3 is 1. The standard InChI is InChI=1S/C51H63N9O7S2/c1-28-31(4)69-50-43(28)44(54-39(25-42(63)66-9)47-57-56-32(5)60(47)50)34-14-16-36(17-15-34)58-21-18-38(19-22-58)67-23-20-41(62)55-46(51(6,7)8)49(65)59-26-37(61)24-40(59)48(64)53-29(2)33-10-12-35(13-11-33)45-30(3)52-27-68-45/h10-17,27,29,37-40,46,61H,18-26H2,1-9H3,(H,53,64)(H,55,62)/t29-,37+,39-,40-,46?/m0/s1. The van der Waals surface area contributed by atoms with Gasteiger partial charge >= 0.3 is 5.97 Å². The number of ether oxygens (including phenoxy) is 2. The molecule has 0 aliphatic carbocycles. The minimum atomic E-state index is -0.928. The largest absolute Gasteiger partial charge is 0.469 e. The van der Waals surface area contributed by atoms with E-state index in [4.69, 9.17) is 14.5 Å². The lowest BCUT2D eigenvalue weighted by atomic mass is 9.85. The van der Waals surface area contributed by atoms with Crippen molar-refractivity contribution >= 4 is 57.8 Å². The second-order valence-corrected chi connectivity index (χ2v) is 21.5. The van der Waals surface area contributed by atoms with Crippen molar-refractivity contribution in [1.82, 2.24) is 35.3 Å². The highest BCUT2D eigenvalue weighted by Crippen LogP contribution is 2.40. The van der Waals surface area contributed by atoms with E-state index in [1.54, 1.807) is 22.7 Å². The van der Waals surface area contributed by atoms with Gasteiger partial charge in [-0.2, -0.15) is 0 Å². The number of β-amino-alcohol motifs (C(OH)–C–C–N with tert-alkyl or cyclic N) is 1. The molecule has 3 aliphatic rings. The zero-order valence-corrected chi connectivity index (χ0v) is 42.5. The number of nitrogens with zero attached hydrogens (tertiary/aromatic N) is 7. The molecule has 6 heterocycles. The van der Waals surface area contributed by atoms with Crippen molar-refractivity contribution < 1.29 is 33.8 Å². The van der Waals surface area contributed by atoms with Crippen LogP contribution in [0.25, 0.3) is 15.4 Å².